The number of ether oxygens (including phenoxy) is 1. The summed E-state index contributed by atoms with van der Waals surface area (Å²) in [5.74, 6) is 0.128. The fraction of sp³-hybridized carbons (Fsp3) is 0.533. The van der Waals surface area contributed by atoms with Crippen molar-refractivity contribution in [3.8, 4) is 11.5 Å². The van der Waals surface area contributed by atoms with Gasteiger partial charge >= 0.3 is 6.61 Å². The largest absolute Gasteiger partial charge is 0.543 e. The zero-order valence-electron chi connectivity index (χ0n) is 13.3. The van der Waals surface area contributed by atoms with Crippen LogP contribution in [0.25, 0.3) is 0 Å². The van der Waals surface area contributed by atoms with Gasteiger partial charge in [-0.1, -0.05) is 20.8 Å². The van der Waals surface area contributed by atoms with Crippen molar-refractivity contribution in [2.45, 2.75) is 52.4 Å². The second-order valence-corrected chi connectivity index (χ2v) is 11.2. The van der Waals surface area contributed by atoms with Crippen LogP contribution in [0.3, 0.4) is 0 Å². The van der Waals surface area contributed by atoms with Crippen LogP contribution < -0.4 is 9.16 Å². The van der Waals surface area contributed by atoms with Crippen molar-refractivity contribution in [1.29, 1.82) is 0 Å². The number of ketones is 1. The van der Waals surface area contributed by atoms with Gasteiger partial charge in [-0.15, -0.1) is 0 Å². The van der Waals surface area contributed by atoms with E-state index in [2.05, 4.69) is 25.5 Å². The highest BCUT2D eigenvalue weighted by Gasteiger charge is 2.39. The van der Waals surface area contributed by atoms with Gasteiger partial charge in [-0.25, -0.2) is 0 Å². The van der Waals surface area contributed by atoms with Crippen LogP contribution in [0.2, 0.25) is 18.1 Å². The van der Waals surface area contributed by atoms with Crippen molar-refractivity contribution in [3.63, 3.8) is 0 Å². The first kappa shape index (κ1) is 17.6. The van der Waals surface area contributed by atoms with Crippen LogP contribution >= 0.6 is 0 Å². The fourth-order valence-electron chi connectivity index (χ4n) is 1.48. The molecule has 0 saturated carbocycles. The van der Waals surface area contributed by atoms with E-state index in [4.69, 9.17) is 4.43 Å². The van der Waals surface area contributed by atoms with Gasteiger partial charge in [-0.3, -0.25) is 4.79 Å². The number of Topliss-reactive ketones (excluding diaryl/α,β-unsaturated/α-hetero) is 1. The number of carbonyl (C=O) groups excluding carboxylic acids is 1. The maximum Gasteiger partial charge on any atom is 0.387 e. The lowest BCUT2D eigenvalue weighted by Crippen LogP contribution is -2.44. The molecule has 3 nitrogen and oxygen atoms in total. The van der Waals surface area contributed by atoms with E-state index in [1.54, 1.807) is 0 Å². The summed E-state index contributed by atoms with van der Waals surface area (Å²) in [6.45, 7) is 8.75. The van der Waals surface area contributed by atoms with E-state index in [0.29, 0.717) is 11.3 Å². The van der Waals surface area contributed by atoms with Crippen molar-refractivity contribution in [3.05, 3.63) is 23.8 Å². The molecule has 0 amide bonds. The lowest BCUT2D eigenvalue weighted by atomic mass is 10.1. The molecule has 0 atom stereocenters. The molecule has 0 aromatic heterocycles. The molecule has 118 valence electrons. The molecule has 0 fully saturated rings. The van der Waals surface area contributed by atoms with Gasteiger partial charge in [0.15, 0.2) is 5.78 Å². The zero-order valence-corrected chi connectivity index (χ0v) is 14.3. The summed E-state index contributed by atoms with van der Waals surface area (Å²) >= 11 is 0. The third kappa shape index (κ3) is 4.52. The highest BCUT2D eigenvalue weighted by atomic mass is 28.4. The molecule has 1 aromatic carbocycles. The predicted molar refractivity (Wildman–Crippen MR) is 80.9 cm³/mol. The summed E-state index contributed by atoms with van der Waals surface area (Å²) in [5, 5.41) is -0.0688. The molecule has 0 unspecified atom stereocenters. The number of halogens is 2. The number of hydrogen-bond acceptors (Lipinski definition) is 3. The first-order valence-corrected chi connectivity index (χ1v) is 9.63. The molecule has 0 aliphatic carbocycles. The first-order chi connectivity index (χ1) is 9.44. The Labute approximate surface area is 125 Å². The van der Waals surface area contributed by atoms with E-state index >= 15 is 0 Å². The highest BCUT2D eigenvalue weighted by Crippen LogP contribution is 2.39. The molecule has 0 bridgehead atoms. The smallest absolute Gasteiger partial charge is 0.387 e. The second-order valence-electron chi connectivity index (χ2n) is 6.46. The van der Waals surface area contributed by atoms with Crippen molar-refractivity contribution in [2.24, 2.45) is 0 Å². The molecular formula is C15H22F2O3Si. The molecule has 0 saturated heterocycles. The number of hydrogen-bond donors (Lipinski definition) is 0. The van der Waals surface area contributed by atoms with Crippen molar-refractivity contribution < 1.29 is 22.7 Å². The van der Waals surface area contributed by atoms with Crippen LogP contribution in [0.1, 0.15) is 38.1 Å². The normalized spacial score (nSPS) is 12.4. The Morgan fingerprint density at radius 1 is 1.24 bits per heavy atom. The Morgan fingerprint density at radius 2 is 1.81 bits per heavy atom. The summed E-state index contributed by atoms with van der Waals surface area (Å²) in [5.41, 5.74) is 0.376. The van der Waals surface area contributed by atoms with Crippen LogP contribution in [0.15, 0.2) is 18.2 Å². The van der Waals surface area contributed by atoms with Gasteiger partial charge in [0.2, 0.25) is 0 Å². The Bertz CT molecular complexity index is 522. The van der Waals surface area contributed by atoms with Crippen LogP contribution in [-0.2, 0) is 0 Å². The van der Waals surface area contributed by atoms with E-state index < -0.39 is 14.9 Å². The molecule has 0 radical (unpaired) electrons. The van der Waals surface area contributed by atoms with Gasteiger partial charge in [0.25, 0.3) is 8.32 Å². The van der Waals surface area contributed by atoms with Crippen molar-refractivity contribution in [1.82, 2.24) is 0 Å². The minimum Gasteiger partial charge on any atom is -0.543 e. The summed E-state index contributed by atoms with van der Waals surface area (Å²) in [6, 6.07) is 4.17. The summed E-state index contributed by atoms with van der Waals surface area (Å²) in [6.07, 6.45) is 0. The molecule has 1 rings (SSSR count). The molecular weight excluding hydrogens is 294 g/mol. The minimum absolute atomic E-state index is 0.0105. The van der Waals surface area contributed by atoms with Crippen LogP contribution in [0.5, 0.6) is 11.5 Å². The molecule has 21 heavy (non-hydrogen) atoms. The van der Waals surface area contributed by atoms with Gasteiger partial charge in [-0.05, 0) is 37.2 Å². The molecule has 0 aliphatic heterocycles. The third-order valence-corrected chi connectivity index (χ3v) is 8.07. The lowest BCUT2D eigenvalue weighted by molar-refractivity contribution is -0.0498. The summed E-state index contributed by atoms with van der Waals surface area (Å²) < 4.78 is 35.1. The quantitative estimate of drug-likeness (QED) is 0.574. The monoisotopic (exact) mass is 316 g/mol. The molecule has 6 heteroatoms. The number of rotatable bonds is 5. The van der Waals surface area contributed by atoms with Gasteiger partial charge in [0.1, 0.15) is 11.5 Å². The van der Waals surface area contributed by atoms with Crippen molar-refractivity contribution >= 4 is 14.1 Å². The second kappa shape index (κ2) is 6.13. The average molecular weight is 316 g/mol. The van der Waals surface area contributed by atoms with Gasteiger partial charge in [0.05, 0.1) is 5.56 Å². The van der Waals surface area contributed by atoms with Crippen LogP contribution in [0, 0.1) is 0 Å². The maximum absolute atomic E-state index is 12.3. The first-order valence-electron chi connectivity index (χ1n) is 6.73. The van der Waals surface area contributed by atoms with E-state index in [1.807, 2.05) is 13.1 Å². The SMILES string of the molecule is CC(=O)c1ccc(OC(F)F)cc1O[Si](C)(C)C(C)(C)C. The summed E-state index contributed by atoms with van der Waals surface area (Å²) in [4.78, 5) is 11.7. The molecule has 0 heterocycles. The number of alkyl halides is 2. The zero-order chi connectivity index (χ0) is 16.4. The molecule has 0 spiro atoms. The standard InChI is InChI=1S/C15H22F2O3Si/c1-10(18)12-8-7-11(19-14(16)17)9-13(12)20-21(5,6)15(2,3)4/h7-9,14H,1-6H3. The van der Waals surface area contributed by atoms with E-state index in [9.17, 15) is 13.6 Å². The number of carbonyl (C=O) groups is 1. The van der Waals surface area contributed by atoms with Crippen LogP contribution in [-0.4, -0.2) is 20.7 Å². The molecule has 1 aromatic rings. The van der Waals surface area contributed by atoms with E-state index in [1.165, 1.54) is 25.1 Å². The predicted octanol–water partition coefficient (Wildman–Crippen LogP) is 4.87. The topological polar surface area (TPSA) is 35.5 Å². The number of benzene rings is 1. The van der Waals surface area contributed by atoms with Crippen molar-refractivity contribution in [2.75, 3.05) is 0 Å². The van der Waals surface area contributed by atoms with E-state index in [0.717, 1.165) is 0 Å². The summed E-state index contributed by atoms with van der Waals surface area (Å²) in [7, 11) is -2.18. The average Bonchev–Trinajstić information content (AvgIpc) is 2.25. The maximum atomic E-state index is 12.3. The third-order valence-electron chi connectivity index (χ3n) is 3.73. The minimum atomic E-state index is -2.91. The Balaban J connectivity index is 3.21. The van der Waals surface area contributed by atoms with Crippen LogP contribution in [0.4, 0.5) is 8.78 Å². The fourth-order valence-corrected chi connectivity index (χ4v) is 2.51. The Morgan fingerprint density at radius 3 is 2.24 bits per heavy atom. The Hall–Kier alpha value is -1.43. The molecule has 0 N–H and O–H groups in total. The Kier molecular flexibility index (Phi) is 5.14. The lowest BCUT2D eigenvalue weighted by Gasteiger charge is -2.37. The van der Waals surface area contributed by atoms with Gasteiger partial charge < -0.3 is 9.16 Å². The molecule has 0 aliphatic rings. The van der Waals surface area contributed by atoms with E-state index in [-0.39, 0.29) is 16.6 Å². The highest BCUT2D eigenvalue weighted by molar-refractivity contribution is 6.74. The van der Waals surface area contributed by atoms with Gasteiger partial charge in [-0.2, -0.15) is 8.78 Å². The van der Waals surface area contributed by atoms with Gasteiger partial charge in [0, 0.05) is 6.07 Å².